The zero-order chi connectivity index (χ0) is 9.23. The third-order valence-corrected chi connectivity index (χ3v) is 1.20. The topological polar surface area (TPSA) is 75.3 Å². The molecular weight excluding hydrogens is 160 g/mol. The summed E-state index contributed by atoms with van der Waals surface area (Å²) in [7, 11) is 1.55. The average Bonchev–Trinajstić information content (AvgIpc) is 2.10. The maximum atomic E-state index is 8.18. The molecule has 0 rings (SSSR count). The molecule has 1 atom stereocenters. The van der Waals surface area contributed by atoms with Crippen LogP contribution in [-0.2, 0) is 14.2 Å². The van der Waals surface area contributed by atoms with Crippen LogP contribution in [-0.4, -0.2) is 26.4 Å². The average molecular weight is 170 g/mol. The Morgan fingerprint density at radius 3 is 2.58 bits per heavy atom. The lowest BCUT2D eigenvalue weighted by Crippen LogP contribution is -2.18. The van der Waals surface area contributed by atoms with Crippen molar-refractivity contribution in [2.75, 3.05) is 20.3 Å². The van der Waals surface area contributed by atoms with Crippen LogP contribution in [0.1, 0.15) is 6.42 Å². The van der Waals surface area contributed by atoms with E-state index in [1.54, 1.807) is 13.4 Å². The summed E-state index contributed by atoms with van der Waals surface area (Å²) in [6.07, 6.45) is 3.18. The molecule has 0 N–H and O–H groups in total. The van der Waals surface area contributed by atoms with E-state index >= 15 is 0 Å². The fraction of sp³-hybridized carbons (Fsp3) is 0.714. The predicted molar refractivity (Wildman–Crippen MR) is 38.5 cm³/mol. The molecule has 12 heavy (non-hydrogen) atoms. The molecule has 0 saturated carbocycles. The van der Waals surface area contributed by atoms with Crippen molar-refractivity contribution < 1.29 is 14.2 Å². The molecule has 0 saturated heterocycles. The number of rotatable bonds is 6. The van der Waals surface area contributed by atoms with Gasteiger partial charge in [0.1, 0.15) is 12.7 Å². The smallest absolute Gasteiger partial charge is 0.286 e. The van der Waals surface area contributed by atoms with Gasteiger partial charge in [-0.15, -0.1) is 0 Å². The number of ether oxygens (including phenoxy) is 3. The highest BCUT2D eigenvalue weighted by atomic mass is 16.5. The molecule has 0 radical (unpaired) electrons. The quantitative estimate of drug-likeness (QED) is 0.539. The lowest BCUT2D eigenvalue weighted by atomic mass is 10.3. The number of hydrogen-bond donors (Lipinski definition) is 0. The van der Waals surface area contributed by atoms with Crippen molar-refractivity contribution in [3.05, 3.63) is 0 Å². The van der Waals surface area contributed by atoms with Crippen molar-refractivity contribution in [1.29, 1.82) is 10.5 Å². The van der Waals surface area contributed by atoms with E-state index in [9.17, 15) is 0 Å². The second-order valence-corrected chi connectivity index (χ2v) is 2.01. The van der Waals surface area contributed by atoms with Crippen molar-refractivity contribution in [2.45, 2.75) is 12.5 Å². The van der Waals surface area contributed by atoms with Gasteiger partial charge in [0.15, 0.2) is 0 Å². The lowest BCUT2D eigenvalue weighted by Gasteiger charge is -2.10. The Hall–Kier alpha value is -1.46. The first-order valence-electron chi connectivity index (χ1n) is 3.39. The summed E-state index contributed by atoms with van der Waals surface area (Å²) >= 11 is 0. The second kappa shape index (κ2) is 7.64. The summed E-state index contributed by atoms with van der Waals surface area (Å²) in [5, 5.41) is 16.3. The molecule has 0 aliphatic heterocycles. The molecule has 0 aliphatic rings. The van der Waals surface area contributed by atoms with Gasteiger partial charge in [-0.05, 0) is 0 Å². The van der Waals surface area contributed by atoms with Crippen molar-refractivity contribution in [3.63, 3.8) is 0 Å². The highest BCUT2D eigenvalue weighted by Crippen LogP contribution is 1.98. The van der Waals surface area contributed by atoms with Crippen LogP contribution in [0.5, 0.6) is 0 Å². The summed E-state index contributed by atoms with van der Waals surface area (Å²) in [5.74, 6) is 0. The number of nitriles is 2. The van der Waals surface area contributed by atoms with Gasteiger partial charge in [-0.25, -0.2) is 0 Å². The summed E-state index contributed by atoms with van der Waals surface area (Å²) in [6.45, 7) is 0.564. The Labute approximate surface area is 71.1 Å². The van der Waals surface area contributed by atoms with Gasteiger partial charge in [0, 0.05) is 20.1 Å². The van der Waals surface area contributed by atoms with E-state index in [-0.39, 0.29) is 6.61 Å². The predicted octanol–water partition coefficient (Wildman–Crippen LogP) is 0.387. The zero-order valence-electron chi connectivity index (χ0n) is 6.82. The Morgan fingerprint density at radius 2 is 2.08 bits per heavy atom. The molecule has 0 aromatic rings. The van der Waals surface area contributed by atoms with Crippen LogP contribution in [0.4, 0.5) is 0 Å². The van der Waals surface area contributed by atoms with Gasteiger partial charge in [-0.2, -0.15) is 10.5 Å². The molecule has 0 aromatic carbocycles. The maximum absolute atomic E-state index is 8.18. The standard InChI is InChI=1S/C7H10N2O3/c1-10-3-2-7(12-6-9)4-11-5-8/h7H,2-4H2,1H3. The first-order valence-corrected chi connectivity index (χ1v) is 3.39. The molecule has 0 fully saturated rings. The van der Waals surface area contributed by atoms with Crippen LogP contribution in [0.2, 0.25) is 0 Å². The van der Waals surface area contributed by atoms with Crippen LogP contribution in [0.15, 0.2) is 0 Å². The van der Waals surface area contributed by atoms with Gasteiger partial charge in [0.2, 0.25) is 0 Å². The zero-order valence-corrected chi connectivity index (χ0v) is 6.82. The van der Waals surface area contributed by atoms with Crippen molar-refractivity contribution >= 4 is 0 Å². The van der Waals surface area contributed by atoms with E-state index in [4.69, 9.17) is 15.3 Å². The summed E-state index contributed by atoms with van der Waals surface area (Å²) in [4.78, 5) is 0. The van der Waals surface area contributed by atoms with E-state index in [0.29, 0.717) is 13.0 Å². The first kappa shape index (κ1) is 10.5. The minimum Gasteiger partial charge on any atom is -0.424 e. The highest BCUT2D eigenvalue weighted by molar-refractivity contribution is 4.64. The Morgan fingerprint density at radius 1 is 1.33 bits per heavy atom. The Kier molecular flexibility index (Phi) is 6.71. The second-order valence-electron chi connectivity index (χ2n) is 2.01. The third kappa shape index (κ3) is 5.33. The van der Waals surface area contributed by atoms with E-state index in [0.717, 1.165) is 0 Å². The van der Waals surface area contributed by atoms with Crippen molar-refractivity contribution in [1.82, 2.24) is 0 Å². The van der Waals surface area contributed by atoms with E-state index in [2.05, 4.69) is 9.47 Å². The molecule has 0 spiro atoms. The number of methoxy groups -OCH3 is 1. The summed E-state index contributed by atoms with van der Waals surface area (Å²) < 4.78 is 13.8. The fourth-order valence-corrected chi connectivity index (χ4v) is 0.630. The monoisotopic (exact) mass is 170 g/mol. The molecule has 0 bridgehead atoms. The highest BCUT2D eigenvalue weighted by Gasteiger charge is 2.09. The molecule has 0 aliphatic carbocycles. The number of hydrogen-bond acceptors (Lipinski definition) is 5. The van der Waals surface area contributed by atoms with Crippen LogP contribution in [0.3, 0.4) is 0 Å². The molecule has 1 unspecified atom stereocenters. The normalized spacial score (nSPS) is 10.9. The van der Waals surface area contributed by atoms with Crippen LogP contribution in [0, 0.1) is 23.0 Å². The van der Waals surface area contributed by atoms with Gasteiger partial charge >= 0.3 is 0 Å². The van der Waals surface area contributed by atoms with Crippen molar-refractivity contribution in [3.8, 4) is 12.5 Å². The van der Waals surface area contributed by atoms with Crippen LogP contribution < -0.4 is 0 Å². The summed E-state index contributed by atoms with van der Waals surface area (Å²) in [6, 6.07) is 0. The van der Waals surface area contributed by atoms with Gasteiger partial charge in [-0.1, -0.05) is 0 Å². The minimum absolute atomic E-state index is 0.0907. The molecule has 5 heteroatoms. The summed E-state index contributed by atoms with van der Waals surface area (Å²) in [5.41, 5.74) is 0. The Bertz CT molecular complexity index is 182. The molecule has 0 heterocycles. The molecule has 0 aromatic heterocycles. The minimum atomic E-state index is -0.394. The molecule has 66 valence electrons. The largest absolute Gasteiger partial charge is 0.424 e. The third-order valence-electron chi connectivity index (χ3n) is 1.20. The first-order chi connectivity index (χ1) is 5.85. The molecule has 0 amide bonds. The van der Waals surface area contributed by atoms with Gasteiger partial charge in [0.25, 0.3) is 12.5 Å². The van der Waals surface area contributed by atoms with Gasteiger partial charge < -0.3 is 14.2 Å². The molecule has 5 nitrogen and oxygen atoms in total. The van der Waals surface area contributed by atoms with Crippen LogP contribution >= 0.6 is 0 Å². The van der Waals surface area contributed by atoms with E-state index in [1.807, 2.05) is 0 Å². The van der Waals surface area contributed by atoms with E-state index < -0.39 is 6.10 Å². The van der Waals surface area contributed by atoms with Gasteiger partial charge in [-0.3, -0.25) is 0 Å². The molecular formula is C7H10N2O3. The number of nitrogens with zero attached hydrogens (tertiary/aromatic N) is 2. The SMILES string of the molecule is COCCC(COC#N)OC#N. The van der Waals surface area contributed by atoms with Gasteiger partial charge in [0.05, 0.1) is 0 Å². The van der Waals surface area contributed by atoms with Crippen molar-refractivity contribution in [2.24, 2.45) is 0 Å². The van der Waals surface area contributed by atoms with Crippen LogP contribution in [0.25, 0.3) is 0 Å². The Balaban J connectivity index is 3.57. The maximum Gasteiger partial charge on any atom is 0.286 e. The van der Waals surface area contributed by atoms with E-state index in [1.165, 1.54) is 6.26 Å². The lowest BCUT2D eigenvalue weighted by molar-refractivity contribution is 0.0556. The fourth-order valence-electron chi connectivity index (χ4n) is 0.630.